The number of hydrogen-bond acceptors (Lipinski definition) is 1. The van der Waals surface area contributed by atoms with Gasteiger partial charge in [0.2, 0.25) is 0 Å². The van der Waals surface area contributed by atoms with Gasteiger partial charge in [0.1, 0.15) is 6.29 Å². The van der Waals surface area contributed by atoms with Gasteiger partial charge in [0.25, 0.3) is 0 Å². The van der Waals surface area contributed by atoms with Crippen molar-refractivity contribution in [3.05, 3.63) is 12.2 Å². The molecule has 2 rings (SSSR count). The van der Waals surface area contributed by atoms with Crippen LogP contribution < -0.4 is 0 Å². The van der Waals surface area contributed by atoms with E-state index < -0.39 is 0 Å². The summed E-state index contributed by atoms with van der Waals surface area (Å²) < 4.78 is 0. The number of hydrogen-bond donors (Lipinski definition) is 0. The predicted octanol–water partition coefficient (Wildman–Crippen LogP) is 1.40. The lowest BCUT2D eigenvalue weighted by Crippen LogP contribution is -2.07. The average molecular weight is 122 g/mol. The van der Waals surface area contributed by atoms with Crippen molar-refractivity contribution in [2.45, 2.75) is 12.8 Å². The Balaban J connectivity index is 2.19. The fraction of sp³-hybridized carbons (Fsp3) is 0.625. The third-order valence-electron chi connectivity index (χ3n) is 2.51. The minimum Gasteiger partial charge on any atom is -0.303 e. The lowest BCUT2D eigenvalue weighted by molar-refractivity contribution is -0.111. The molecule has 0 aromatic heterocycles. The number of fused-ring (bicyclic) bond motifs is 2. The molecule has 0 spiro atoms. The van der Waals surface area contributed by atoms with Crippen LogP contribution in [0.1, 0.15) is 12.8 Å². The normalized spacial score (nSPS) is 46.0. The average Bonchev–Trinajstić information content (AvgIpc) is 2.45. The number of aldehydes is 1. The van der Waals surface area contributed by atoms with Crippen LogP contribution in [-0.4, -0.2) is 6.29 Å². The molecule has 1 fully saturated rings. The fourth-order valence-corrected chi connectivity index (χ4v) is 1.98. The van der Waals surface area contributed by atoms with E-state index in [4.69, 9.17) is 0 Å². The van der Waals surface area contributed by atoms with Crippen LogP contribution >= 0.6 is 0 Å². The topological polar surface area (TPSA) is 17.1 Å². The van der Waals surface area contributed by atoms with E-state index in [1.165, 1.54) is 6.42 Å². The van der Waals surface area contributed by atoms with Crippen LogP contribution in [0, 0.1) is 17.8 Å². The van der Waals surface area contributed by atoms with E-state index in [2.05, 4.69) is 12.2 Å². The third kappa shape index (κ3) is 0.640. The molecule has 1 nitrogen and oxygen atoms in total. The summed E-state index contributed by atoms with van der Waals surface area (Å²) in [4.78, 5) is 10.4. The lowest BCUT2D eigenvalue weighted by atomic mass is 9.95. The zero-order chi connectivity index (χ0) is 6.27. The summed E-state index contributed by atoms with van der Waals surface area (Å²) in [5.41, 5.74) is 0. The standard InChI is InChI=1S/C8H10O/c9-5-8-4-6-1-2-7(8)3-6/h1-2,5-8H,3-4H2/t6?,7-,8?/m1/s1. The van der Waals surface area contributed by atoms with Gasteiger partial charge in [-0.05, 0) is 24.7 Å². The first-order chi connectivity index (χ1) is 4.40. The first kappa shape index (κ1) is 5.21. The lowest BCUT2D eigenvalue weighted by Gasteiger charge is -2.08. The van der Waals surface area contributed by atoms with Gasteiger partial charge < -0.3 is 4.79 Å². The largest absolute Gasteiger partial charge is 0.303 e. The Hall–Kier alpha value is -0.590. The van der Waals surface area contributed by atoms with Gasteiger partial charge in [-0.1, -0.05) is 12.2 Å². The molecule has 0 radical (unpaired) electrons. The van der Waals surface area contributed by atoms with Gasteiger partial charge in [-0.15, -0.1) is 0 Å². The number of allylic oxidation sites excluding steroid dienone is 2. The minimum absolute atomic E-state index is 0.361. The highest BCUT2D eigenvalue weighted by Crippen LogP contribution is 2.42. The van der Waals surface area contributed by atoms with Crippen LogP contribution in [0.3, 0.4) is 0 Å². The van der Waals surface area contributed by atoms with E-state index in [1.807, 2.05) is 0 Å². The molecule has 0 heterocycles. The molecule has 0 saturated heterocycles. The Morgan fingerprint density at radius 1 is 1.33 bits per heavy atom. The highest BCUT2D eigenvalue weighted by molar-refractivity contribution is 5.56. The molecule has 3 atom stereocenters. The van der Waals surface area contributed by atoms with E-state index in [1.54, 1.807) is 0 Å². The monoisotopic (exact) mass is 122 g/mol. The van der Waals surface area contributed by atoms with Crippen molar-refractivity contribution in [1.82, 2.24) is 0 Å². The summed E-state index contributed by atoms with van der Waals surface area (Å²) >= 11 is 0. The second-order valence-electron chi connectivity index (χ2n) is 3.08. The third-order valence-corrected chi connectivity index (χ3v) is 2.51. The molecule has 2 aliphatic rings. The van der Waals surface area contributed by atoms with E-state index in [0.717, 1.165) is 18.6 Å². The predicted molar refractivity (Wildman–Crippen MR) is 34.9 cm³/mol. The summed E-state index contributed by atoms with van der Waals surface area (Å²) in [6, 6.07) is 0. The number of rotatable bonds is 1. The maximum atomic E-state index is 10.4. The second kappa shape index (κ2) is 1.69. The van der Waals surface area contributed by atoms with E-state index >= 15 is 0 Å². The summed E-state index contributed by atoms with van der Waals surface area (Å²) in [5.74, 6) is 1.71. The molecule has 0 aliphatic heterocycles. The Kier molecular flexibility index (Phi) is 0.981. The van der Waals surface area contributed by atoms with Crippen LogP contribution in [0.25, 0.3) is 0 Å². The Morgan fingerprint density at radius 2 is 2.22 bits per heavy atom. The number of carbonyl (C=O) groups is 1. The molecular weight excluding hydrogens is 112 g/mol. The van der Waals surface area contributed by atoms with Crippen LogP contribution in [0.5, 0.6) is 0 Å². The first-order valence-corrected chi connectivity index (χ1v) is 3.54. The maximum absolute atomic E-state index is 10.4. The molecule has 0 aromatic rings. The zero-order valence-electron chi connectivity index (χ0n) is 5.29. The summed E-state index contributed by atoms with van der Waals surface area (Å²) in [5, 5.41) is 0. The zero-order valence-corrected chi connectivity index (χ0v) is 5.29. The van der Waals surface area contributed by atoms with Gasteiger partial charge >= 0.3 is 0 Å². The molecule has 48 valence electrons. The van der Waals surface area contributed by atoms with Crippen LogP contribution in [0.15, 0.2) is 12.2 Å². The van der Waals surface area contributed by atoms with Crippen LogP contribution in [-0.2, 0) is 4.79 Å². The van der Waals surface area contributed by atoms with Crippen LogP contribution in [0.2, 0.25) is 0 Å². The molecule has 1 heteroatoms. The van der Waals surface area contributed by atoms with Crippen molar-refractivity contribution in [1.29, 1.82) is 0 Å². The van der Waals surface area contributed by atoms with Crippen molar-refractivity contribution in [3.63, 3.8) is 0 Å². The van der Waals surface area contributed by atoms with Crippen molar-refractivity contribution < 1.29 is 4.79 Å². The fourth-order valence-electron chi connectivity index (χ4n) is 1.98. The van der Waals surface area contributed by atoms with E-state index in [-0.39, 0.29) is 0 Å². The SMILES string of the molecule is O=CC1CC2C=C[C@@H]1C2. The van der Waals surface area contributed by atoms with Crippen molar-refractivity contribution in [2.75, 3.05) is 0 Å². The minimum atomic E-state index is 0.361. The Morgan fingerprint density at radius 3 is 2.56 bits per heavy atom. The van der Waals surface area contributed by atoms with Gasteiger partial charge in [-0.3, -0.25) is 0 Å². The first-order valence-electron chi connectivity index (χ1n) is 3.54. The highest BCUT2D eigenvalue weighted by atomic mass is 16.1. The van der Waals surface area contributed by atoms with Crippen molar-refractivity contribution >= 4 is 6.29 Å². The molecule has 2 bridgehead atoms. The van der Waals surface area contributed by atoms with E-state index in [0.29, 0.717) is 11.8 Å². The Bertz CT molecular complexity index is 160. The summed E-state index contributed by atoms with van der Waals surface area (Å²) in [6.45, 7) is 0. The molecule has 2 aliphatic carbocycles. The Labute approximate surface area is 54.8 Å². The van der Waals surface area contributed by atoms with Gasteiger partial charge in [-0.25, -0.2) is 0 Å². The van der Waals surface area contributed by atoms with Crippen molar-refractivity contribution in [3.8, 4) is 0 Å². The quantitative estimate of drug-likeness (QED) is 0.379. The molecule has 9 heavy (non-hydrogen) atoms. The van der Waals surface area contributed by atoms with Gasteiger partial charge in [-0.2, -0.15) is 0 Å². The molecular formula is C8H10O. The second-order valence-corrected chi connectivity index (χ2v) is 3.08. The molecule has 1 saturated carbocycles. The molecule has 0 N–H and O–H groups in total. The van der Waals surface area contributed by atoms with Gasteiger partial charge in [0.15, 0.2) is 0 Å². The molecule has 0 aromatic carbocycles. The smallest absolute Gasteiger partial charge is 0.123 e. The van der Waals surface area contributed by atoms with Crippen LogP contribution in [0.4, 0.5) is 0 Å². The maximum Gasteiger partial charge on any atom is 0.123 e. The summed E-state index contributed by atoms with van der Waals surface area (Å²) in [6.07, 6.45) is 7.93. The van der Waals surface area contributed by atoms with Gasteiger partial charge in [0, 0.05) is 5.92 Å². The van der Waals surface area contributed by atoms with E-state index in [9.17, 15) is 4.79 Å². The highest BCUT2D eigenvalue weighted by Gasteiger charge is 2.34. The molecule has 2 unspecified atom stereocenters. The van der Waals surface area contributed by atoms with Gasteiger partial charge in [0.05, 0.1) is 0 Å². The summed E-state index contributed by atoms with van der Waals surface area (Å²) in [7, 11) is 0. The molecule has 0 amide bonds. The van der Waals surface area contributed by atoms with Crippen molar-refractivity contribution in [2.24, 2.45) is 17.8 Å². The number of carbonyl (C=O) groups excluding carboxylic acids is 1.